The molecular formula is C32H41F2NO2. The van der Waals surface area contributed by atoms with E-state index in [4.69, 9.17) is 0 Å². The zero-order chi connectivity index (χ0) is 26.8. The molecule has 1 amide bonds. The highest BCUT2D eigenvalue weighted by Gasteiger charge is 2.46. The topological polar surface area (TPSA) is 40.5 Å². The minimum absolute atomic E-state index is 0.0296. The van der Waals surface area contributed by atoms with E-state index in [1.54, 1.807) is 12.1 Å². The van der Waals surface area contributed by atoms with Gasteiger partial charge >= 0.3 is 0 Å². The van der Waals surface area contributed by atoms with Crippen LogP contribution >= 0.6 is 0 Å². The second-order valence-electron chi connectivity index (χ2n) is 11.3. The summed E-state index contributed by atoms with van der Waals surface area (Å²) in [6, 6.07) is 15.5. The van der Waals surface area contributed by atoms with Gasteiger partial charge < -0.3 is 10.0 Å². The van der Waals surface area contributed by atoms with E-state index in [0.29, 0.717) is 12.5 Å². The van der Waals surface area contributed by atoms with E-state index in [0.717, 1.165) is 58.3 Å². The lowest BCUT2D eigenvalue weighted by atomic mass is 9.66. The van der Waals surface area contributed by atoms with E-state index in [1.807, 2.05) is 0 Å². The summed E-state index contributed by atoms with van der Waals surface area (Å²) in [4.78, 5) is 15.7. The van der Waals surface area contributed by atoms with Crippen molar-refractivity contribution in [2.24, 2.45) is 0 Å². The Hall–Kier alpha value is -2.53. The number of benzene rings is 2. The monoisotopic (exact) mass is 509 g/mol. The number of hydrogen-bond acceptors (Lipinski definition) is 2. The van der Waals surface area contributed by atoms with Crippen LogP contribution in [-0.2, 0) is 11.0 Å². The third kappa shape index (κ3) is 5.67. The van der Waals surface area contributed by atoms with Crippen molar-refractivity contribution in [3.63, 3.8) is 0 Å². The van der Waals surface area contributed by atoms with Gasteiger partial charge in [-0.2, -0.15) is 0 Å². The molecule has 0 unspecified atom stereocenters. The summed E-state index contributed by atoms with van der Waals surface area (Å²) < 4.78 is 27.8. The Balaban J connectivity index is 1.48. The molecule has 1 N–H and O–H groups in total. The van der Waals surface area contributed by atoms with Gasteiger partial charge in [0.15, 0.2) is 0 Å². The van der Waals surface area contributed by atoms with Gasteiger partial charge in [-0.3, -0.25) is 4.79 Å². The zero-order valence-electron chi connectivity index (χ0n) is 22.6. The van der Waals surface area contributed by atoms with Crippen molar-refractivity contribution in [2.75, 3.05) is 0 Å². The van der Waals surface area contributed by atoms with Crippen LogP contribution in [0.2, 0.25) is 0 Å². The van der Waals surface area contributed by atoms with Gasteiger partial charge in [0.1, 0.15) is 5.60 Å². The number of amides is 1. The fraction of sp³-hybridized carbons (Fsp3) is 0.531. The highest BCUT2D eigenvalue weighted by atomic mass is 19.3. The lowest BCUT2D eigenvalue weighted by molar-refractivity contribution is -0.165. The van der Waals surface area contributed by atoms with Crippen LogP contribution in [0.4, 0.5) is 8.78 Å². The van der Waals surface area contributed by atoms with E-state index in [-0.39, 0.29) is 29.0 Å². The van der Waals surface area contributed by atoms with E-state index < -0.39 is 11.5 Å². The molecule has 2 saturated carbocycles. The number of carbonyl (C=O) groups is 1. The van der Waals surface area contributed by atoms with Gasteiger partial charge in [0.2, 0.25) is 0 Å². The largest absolute Gasteiger partial charge is 0.379 e. The first-order valence-corrected chi connectivity index (χ1v) is 13.8. The SMILES string of the molecule is CC/C=C/c1ccc(C2(CC)CCC(N(C(=O)c3ccc([C@](C)(O)C(C)(F)F)cc3)C3CC3)CC2)cc1. The maximum Gasteiger partial charge on any atom is 0.277 e. The number of carbonyl (C=O) groups excluding carboxylic acids is 1. The average Bonchev–Trinajstić information content (AvgIpc) is 3.73. The molecule has 200 valence electrons. The fourth-order valence-electron chi connectivity index (χ4n) is 5.80. The molecule has 37 heavy (non-hydrogen) atoms. The van der Waals surface area contributed by atoms with Gasteiger partial charge in [0, 0.05) is 24.6 Å². The summed E-state index contributed by atoms with van der Waals surface area (Å²) in [5.41, 5.74) is 1.07. The van der Waals surface area contributed by atoms with E-state index in [2.05, 4.69) is 55.2 Å². The van der Waals surface area contributed by atoms with Crippen molar-refractivity contribution in [2.45, 2.75) is 108 Å². The smallest absolute Gasteiger partial charge is 0.277 e. The lowest BCUT2D eigenvalue weighted by Crippen LogP contribution is -2.46. The van der Waals surface area contributed by atoms with Crippen molar-refractivity contribution >= 4 is 12.0 Å². The van der Waals surface area contributed by atoms with Crippen LogP contribution in [0.1, 0.15) is 106 Å². The molecule has 2 aromatic carbocycles. The van der Waals surface area contributed by atoms with Crippen molar-refractivity contribution in [1.29, 1.82) is 0 Å². The van der Waals surface area contributed by atoms with Crippen molar-refractivity contribution in [1.82, 2.24) is 4.90 Å². The number of alkyl halides is 2. The molecule has 0 heterocycles. The van der Waals surface area contributed by atoms with Crippen LogP contribution in [0.15, 0.2) is 54.6 Å². The molecule has 4 rings (SSSR count). The maximum atomic E-state index is 13.9. The Bertz CT molecular complexity index is 1090. The molecule has 0 spiro atoms. The van der Waals surface area contributed by atoms with Crippen LogP contribution in [0.25, 0.3) is 6.08 Å². The number of nitrogens with zero attached hydrogens (tertiary/aromatic N) is 1. The molecule has 0 aliphatic heterocycles. The lowest BCUT2D eigenvalue weighted by Gasteiger charge is -2.44. The number of hydrogen-bond donors (Lipinski definition) is 1. The quantitative estimate of drug-likeness (QED) is 0.374. The summed E-state index contributed by atoms with van der Waals surface area (Å²) >= 11 is 0. The second kappa shape index (κ2) is 10.7. The van der Waals surface area contributed by atoms with Crippen molar-refractivity contribution in [3.8, 4) is 0 Å². The third-order valence-electron chi connectivity index (χ3n) is 8.77. The first kappa shape index (κ1) is 27.5. The van der Waals surface area contributed by atoms with Crippen LogP contribution in [-0.4, -0.2) is 33.9 Å². The highest BCUT2D eigenvalue weighted by Crippen LogP contribution is 2.45. The summed E-state index contributed by atoms with van der Waals surface area (Å²) in [5.74, 6) is -3.32. The van der Waals surface area contributed by atoms with E-state index >= 15 is 0 Å². The standard InChI is InChI=1S/C32H41F2NO2/c1-5-7-8-23-9-13-26(14-10-23)32(6-2)21-19-28(20-22-32)35(27-17-18-27)29(36)24-11-15-25(16-12-24)30(3,37)31(4,33)34/h7-16,27-28,37H,5-6,17-22H2,1-4H3/b8-7+/t28?,30-,32?/m0/s1. The number of halogens is 2. The molecule has 2 fully saturated rings. The summed E-state index contributed by atoms with van der Waals surface area (Å²) in [5, 5.41) is 10.3. The summed E-state index contributed by atoms with van der Waals surface area (Å²) in [7, 11) is 0. The summed E-state index contributed by atoms with van der Waals surface area (Å²) in [6.07, 6.45) is 12.5. The number of allylic oxidation sites excluding steroid dienone is 1. The molecule has 2 aromatic rings. The minimum Gasteiger partial charge on any atom is -0.379 e. The van der Waals surface area contributed by atoms with Gasteiger partial charge in [-0.1, -0.05) is 62.4 Å². The Morgan fingerprint density at radius 3 is 2.03 bits per heavy atom. The highest BCUT2D eigenvalue weighted by molar-refractivity contribution is 5.95. The Morgan fingerprint density at radius 1 is 0.973 bits per heavy atom. The van der Waals surface area contributed by atoms with Gasteiger partial charge in [0.05, 0.1) is 0 Å². The van der Waals surface area contributed by atoms with E-state index in [1.165, 1.54) is 23.3 Å². The van der Waals surface area contributed by atoms with Crippen molar-refractivity contribution < 1.29 is 18.7 Å². The molecule has 0 bridgehead atoms. The van der Waals surface area contributed by atoms with Crippen molar-refractivity contribution in [3.05, 3.63) is 76.9 Å². The van der Waals surface area contributed by atoms with Crippen LogP contribution in [0.5, 0.6) is 0 Å². The summed E-state index contributed by atoms with van der Waals surface area (Å²) in [6.45, 7) is 6.22. The number of rotatable bonds is 9. The zero-order valence-corrected chi connectivity index (χ0v) is 22.6. The first-order chi connectivity index (χ1) is 17.5. The molecular weight excluding hydrogens is 468 g/mol. The second-order valence-corrected chi connectivity index (χ2v) is 11.3. The Labute approximate surface area is 220 Å². The van der Waals surface area contributed by atoms with Gasteiger partial charge in [-0.25, -0.2) is 8.78 Å². The molecule has 2 aliphatic rings. The van der Waals surface area contributed by atoms with Crippen LogP contribution < -0.4 is 0 Å². The minimum atomic E-state index is -3.29. The molecule has 0 saturated heterocycles. The molecule has 0 radical (unpaired) electrons. The van der Waals surface area contributed by atoms with Gasteiger partial charge in [0.25, 0.3) is 11.8 Å². The molecule has 0 aromatic heterocycles. The molecule has 1 atom stereocenters. The van der Waals surface area contributed by atoms with Crippen LogP contribution in [0, 0.1) is 0 Å². The predicted molar refractivity (Wildman–Crippen MR) is 146 cm³/mol. The normalized spacial score (nSPS) is 24.1. The number of aliphatic hydroxyl groups is 1. The molecule has 3 nitrogen and oxygen atoms in total. The Kier molecular flexibility index (Phi) is 7.94. The van der Waals surface area contributed by atoms with Gasteiger partial charge in [-0.05, 0) is 92.5 Å². The fourth-order valence-corrected chi connectivity index (χ4v) is 5.80. The third-order valence-corrected chi connectivity index (χ3v) is 8.77. The molecule has 5 heteroatoms. The van der Waals surface area contributed by atoms with E-state index in [9.17, 15) is 18.7 Å². The van der Waals surface area contributed by atoms with Gasteiger partial charge in [-0.15, -0.1) is 0 Å². The Morgan fingerprint density at radius 2 is 1.54 bits per heavy atom. The average molecular weight is 510 g/mol. The molecule has 2 aliphatic carbocycles. The predicted octanol–water partition coefficient (Wildman–Crippen LogP) is 7.87. The van der Waals surface area contributed by atoms with Crippen LogP contribution in [0.3, 0.4) is 0 Å². The maximum absolute atomic E-state index is 13.9. The first-order valence-electron chi connectivity index (χ1n) is 13.8.